The van der Waals surface area contributed by atoms with Crippen LogP contribution >= 0.6 is 0 Å². The van der Waals surface area contributed by atoms with E-state index in [1.54, 1.807) is 24.7 Å². The lowest BCUT2D eigenvalue weighted by Crippen LogP contribution is -2.20. The molecule has 5 rings (SSSR count). The summed E-state index contributed by atoms with van der Waals surface area (Å²) in [5, 5.41) is 3.31. The molecule has 1 aliphatic rings. The van der Waals surface area contributed by atoms with Crippen molar-refractivity contribution in [3.05, 3.63) is 66.4 Å². The standard InChI is InChI=1S/C23H21FN4O/c1-14-4-5-18(24)17(11-14)21-22(28-19-3-2-8-27-23(19)21)16-7-10-26-13-20(16)29-15-6-9-25-12-15/h2-5,7-8,10-11,13,15,25,28H,6,9,12H2,1H3. The first kappa shape index (κ1) is 17.8. The SMILES string of the molecule is Cc1ccc(F)c(-c2c(-c3ccncc3OC3CCNC3)[nH]c3cccnc23)c1. The van der Waals surface area contributed by atoms with E-state index in [4.69, 9.17) is 4.74 Å². The second-order valence-electron chi connectivity index (χ2n) is 7.36. The van der Waals surface area contributed by atoms with Crippen molar-refractivity contribution in [1.29, 1.82) is 0 Å². The van der Waals surface area contributed by atoms with E-state index >= 15 is 0 Å². The zero-order valence-electron chi connectivity index (χ0n) is 16.1. The largest absolute Gasteiger partial charge is 0.487 e. The highest BCUT2D eigenvalue weighted by molar-refractivity contribution is 6.02. The first-order valence-corrected chi connectivity index (χ1v) is 9.75. The first-order valence-electron chi connectivity index (χ1n) is 9.75. The fourth-order valence-corrected chi connectivity index (χ4v) is 3.90. The number of nitrogens with one attached hydrogen (secondary N) is 2. The average molecular weight is 388 g/mol. The van der Waals surface area contributed by atoms with E-state index in [1.807, 2.05) is 31.2 Å². The van der Waals surface area contributed by atoms with E-state index in [1.165, 1.54) is 6.07 Å². The monoisotopic (exact) mass is 388 g/mol. The van der Waals surface area contributed by atoms with Crippen LogP contribution in [0.1, 0.15) is 12.0 Å². The fraction of sp³-hybridized carbons (Fsp3) is 0.217. The van der Waals surface area contributed by atoms with Gasteiger partial charge >= 0.3 is 0 Å². The fourth-order valence-electron chi connectivity index (χ4n) is 3.90. The third-order valence-electron chi connectivity index (χ3n) is 5.31. The zero-order valence-corrected chi connectivity index (χ0v) is 16.1. The molecule has 4 heterocycles. The van der Waals surface area contributed by atoms with E-state index in [2.05, 4.69) is 20.3 Å². The van der Waals surface area contributed by atoms with Crippen molar-refractivity contribution in [2.45, 2.75) is 19.4 Å². The maximum absolute atomic E-state index is 14.9. The maximum atomic E-state index is 14.9. The minimum Gasteiger partial charge on any atom is -0.487 e. The van der Waals surface area contributed by atoms with Gasteiger partial charge in [0.05, 0.1) is 22.9 Å². The number of aromatic nitrogens is 3. The molecule has 1 aromatic carbocycles. The lowest BCUT2D eigenvalue weighted by atomic mass is 9.98. The summed E-state index contributed by atoms with van der Waals surface area (Å²) in [6.45, 7) is 3.71. The smallest absolute Gasteiger partial charge is 0.147 e. The molecule has 0 amide bonds. The predicted octanol–water partition coefficient (Wildman–Crippen LogP) is 4.48. The van der Waals surface area contributed by atoms with Gasteiger partial charge in [0.1, 0.15) is 17.7 Å². The number of fused-ring (bicyclic) bond motifs is 1. The maximum Gasteiger partial charge on any atom is 0.147 e. The quantitative estimate of drug-likeness (QED) is 0.541. The highest BCUT2D eigenvalue weighted by Gasteiger charge is 2.23. The van der Waals surface area contributed by atoms with Gasteiger partial charge in [-0.1, -0.05) is 11.6 Å². The number of H-pyrrole nitrogens is 1. The highest BCUT2D eigenvalue weighted by Crippen LogP contribution is 2.41. The molecule has 1 unspecified atom stereocenters. The van der Waals surface area contributed by atoms with Crippen molar-refractivity contribution >= 4 is 11.0 Å². The Hall–Kier alpha value is -3.25. The molecular formula is C23H21FN4O. The van der Waals surface area contributed by atoms with E-state index < -0.39 is 0 Å². The third-order valence-corrected chi connectivity index (χ3v) is 5.31. The normalized spacial score (nSPS) is 16.4. The summed E-state index contributed by atoms with van der Waals surface area (Å²) in [7, 11) is 0. The van der Waals surface area contributed by atoms with Crippen molar-refractivity contribution in [3.8, 4) is 28.1 Å². The van der Waals surface area contributed by atoms with Gasteiger partial charge in [-0.05, 0) is 50.2 Å². The van der Waals surface area contributed by atoms with Crippen molar-refractivity contribution in [1.82, 2.24) is 20.3 Å². The lowest BCUT2D eigenvalue weighted by Gasteiger charge is -2.16. The van der Waals surface area contributed by atoms with Crippen molar-refractivity contribution in [2.24, 2.45) is 0 Å². The third kappa shape index (κ3) is 3.25. The summed E-state index contributed by atoms with van der Waals surface area (Å²) in [6, 6.07) is 10.9. The second-order valence-corrected chi connectivity index (χ2v) is 7.36. The number of halogens is 1. The molecular weight excluding hydrogens is 367 g/mol. The van der Waals surface area contributed by atoms with Crippen LogP contribution in [0.2, 0.25) is 0 Å². The van der Waals surface area contributed by atoms with Gasteiger partial charge in [-0.25, -0.2) is 4.39 Å². The Morgan fingerprint density at radius 1 is 1.14 bits per heavy atom. The van der Waals surface area contributed by atoms with Crippen LogP contribution in [0.5, 0.6) is 5.75 Å². The molecule has 0 bridgehead atoms. The van der Waals surface area contributed by atoms with Crippen LogP contribution in [0.4, 0.5) is 4.39 Å². The molecule has 0 saturated carbocycles. The summed E-state index contributed by atoms with van der Waals surface area (Å²) in [5.41, 5.74) is 5.46. The lowest BCUT2D eigenvalue weighted by molar-refractivity contribution is 0.223. The number of aromatic amines is 1. The van der Waals surface area contributed by atoms with Crippen molar-refractivity contribution in [3.63, 3.8) is 0 Å². The molecule has 1 aliphatic heterocycles. The molecule has 6 heteroatoms. The molecule has 146 valence electrons. The van der Waals surface area contributed by atoms with Gasteiger partial charge in [0.2, 0.25) is 0 Å². The number of pyridine rings is 2. The second kappa shape index (κ2) is 7.29. The van der Waals surface area contributed by atoms with Crippen molar-refractivity contribution in [2.75, 3.05) is 13.1 Å². The van der Waals surface area contributed by atoms with Gasteiger partial charge < -0.3 is 15.0 Å². The topological polar surface area (TPSA) is 62.8 Å². The van der Waals surface area contributed by atoms with Crippen LogP contribution < -0.4 is 10.1 Å². The van der Waals surface area contributed by atoms with Gasteiger partial charge in [-0.3, -0.25) is 9.97 Å². The predicted molar refractivity (Wildman–Crippen MR) is 111 cm³/mol. The Balaban J connectivity index is 1.73. The molecule has 1 saturated heterocycles. The minimum atomic E-state index is -0.278. The molecule has 1 atom stereocenters. The Morgan fingerprint density at radius 3 is 2.93 bits per heavy atom. The summed E-state index contributed by atoms with van der Waals surface area (Å²) >= 11 is 0. The molecule has 29 heavy (non-hydrogen) atoms. The number of benzene rings is 1. The number of hydrogen-bond acceptors (Lipinski definition) is 4. The summed E-state index contributed by atoms with van der Waals surface area (Å²) in [5.74, 6) is 0.405. The van der Waals surface area contributed by atoms with Crippen LogP contribution in [0.3, 0.4) is 0 Å². The van der Waals surface area contributed by atoms with Crippen molar-refractivity contribution < 1.29 is 9.13 Å². The van der Waals surface area contributed by atoms with E-state index in [9.17, 15) is 4.39 Å². The summed E-state index contributed by atoms with van der Waals surface area (Å²) in [6.07, 6.45) is 6.22. The van der Waals surface area contributed by atoms with Crippen LogP contribution in [0.15, 0.2) is 55.0 Å². The number of rotatable bonds is 4. The molecule has 0 spiro atoms. The number of nitrogens with zero attached hydrogens (tertiary/aromatic N) is 2. The van der Waals surface area contributed by atoms with E-state index in [0.29, 0.717) is 11.3 Å². The van der Waals surface area contributed by atoms with Gasteiger partial charge in [-0.2, -0.15) is 0 Å². The van der Waals surface area contributed by atoms with Crippen LogP contribution in [0.25, 0.3) is 33.4 Å². The first-order chi connectivity index (χ1) is 14.2. The summed E-state index contributed by atoms with van der Waals surface area (Å²) in [4.78, 5) is 12.2. The number of hydrogen-bond donors (Lipinski definition) is 2. The molecule has 1 fully saturated rings. The number of aryl methyl sites for hydroxylation is 1. The Kier molecular flexibility index (Phi) is 4.48. The Bertz CT molecular complexity index is 1180. The van der Waals surface area contributed by atoms with Gasteiger partial charge in [0, 0.05) is 35.6 Å². The van der Waals surface area contributed by atoms with Crippen LogP contribution in [-0.4, -0.2) is 34.1 Å². The molecule has 5 nitrogen and oxygen atoms in total. The Labute approximate surface area is 168 Å². The molecule has 0 aliphatic carbocycles. The average Bonchev–Trinajstić information content (AvgIpc) is 3.38. The molecule has 2 N–H and O–H groups in total. The van der Waals surface area contributed by atoms with Gasteiger partial charge in [0.15, 0.2) is 0 Å². The molecule has 4 aromatic rings. The zero-order chi connectivity index (χ0) is 19.8. The van der Waals surface area contributed by atoms with Gasteiger partial charge in [-0.15, -0.1) is 0 Å². The molecule has 3 aromatic heterocycles. The van der Waals surface area contributed by atoms with E-state index in [0.717, 1.165) is 52.9 Å². The summed E-state index contributed by atoms with van der Waals surface area (Å²) < 4.78 is 21.1. The highest BCUT2D eigenvalue weighted by atomic mass is 19.1. The van der Waals surface area contributed by atoms with Crippen LogP contribution in [-0.2, 0) is 0 Å². The van der Waals surface area contributed by atoms with Gasteiger partial charge in [0.25, 0.3) is 0 Å². The Morgan fingerprint density at radius 2 is 2.07 bits per heavy atom. The number of ether oxygens (including phenoxy) is 1. The van der Waals surface area contributed by atoms with Crippen LogP contribution in [0, 0.1) is 12.7 Å². The minimum absolute atomic E-state index is 0.0969. The molecule has 0 radical (unpaired) electrons. The van der Waals surface area contributed by atoms with E-state index in [-0.39, 0.29) is 11.9 Å².